The molecular weight excluding hydrogens is 328 g/mol. The zero-order valence-electron chi connectivity index (χ0n) is 15.8. The monoisotopic (exact) mass is 360 g/mol. The summed E-state index contributed by atoms with van der Waals surface area (Å²) in [5, 5.41) is 10.9. The molecule has 1 atom stereocenters. The fourth-order valence-electron chi connectivity index (χ4n) is 2.51. The van der Waals surface area contributed by atoms with E-state index in [9.17, 15) is 14.7 Å². The first-order valence-electron chi connectivity index (χ1n) is 8.69. The Kier molecular flexibility index (Phi) is 10.1. The van der Waals surface area contributed by atoms with Crippen molar-refractivity contribution in [3.8, 4) is 0 Å². The second kappa shape index (κ2) is 10.6. The number of carbonyl (C=O) groups excluding carboxylic acids is 2. The van der Waals surface area contributed by atoms with Crippen LogP contribution in [0.2, 0.25) is 18.1 Å². The lowest BCUT2D eigenvalue weighted by molar-refractivity contribution is -0.191. The van der Waals surface area contributed by atoms with Crippen molar-refractivity contribution in [3.63, 3.8) is 0 Å². The minimum absolute atomic E-state index is 0.0427. The van der Waals surface area contributed by atoms with Gasteiger partial charge in [-0.05, 0) is 38.9 Å². The van der Waals surface area contributed by atoms with Crippen LogP contribution in [0.3, 0.4) is 0 Å². The molecule has 0 heterocycles. The minimum atomic E-state index is -2.50. The fraction of sp³-hybridized carbons (Fsp3) is 0.765. The van der Waals surface area contributed by atoms with Gasteiger partial charge in [0, 0.05) is 0 Å². The minimum Gasteiger partial charge on any atom is -0.463 e. The van der Waals surface area contributed by atoms with E-state index >= 15 is 0 Å². The third-order valence-electron chi connectivity index (χ3n) is 4.26. The molecule has 0 spiro atoms. The highest BCUT2D eigenvalue weighted by Gasteiger charge is 2.55. The van der Waals surface area contributed by atoms with E-state index in [0.29, 0.717) is 0 Å². The van der Waals surface area contributed by atoms with Gasteiger partial charge in [0.25, 0.3) is 5.60 Å². The summed E-state index contributed by atoms with van der Waals surface area (Å²) in [6.45, 7) is 11.1. The highest BCUT2D eigenvalue weighted by atomic mass is 28.4. The molecule has 140 valence electrons. The Morgan fingerprint density at radius 1 is 1.00 bits per heavy atom. The quantitative estimate of drug-likeness (QED) is 0.264. The fourth-order valence-corrected chi connectivity index (χ4v) is 5.29. The number of hydrogen-bond donors (Lipinski definition) is 1. The van der Waals surface area contributed by atoms with E-state index in [0.717, 1.165) is 18.1 Å². The third-order valence-corrected chi connectivity index (χ3v) is 8.88. The molecule has 0 fully saturated rings. The second-order valence-corrected chi connectivity index (χ2v) is 10.2. The van der Waals surface area contributed by atoms with E-state index in [-0.39, 0.29) is 13.2 Å². The Morgan fingerprint density at radius 3 is 1.71 bits per heavy atom. The number of carbonyl (C=O) groups is 2. The van der Waals surface area contributed by atoms with E-state index in [1.807, 2.05) is 20.8 Å². The smallest absolute Gasteiger partial charge is 0.353 e. The van der Waals surface area contributed by atoms with Gasteiger partial charge >= 0.3 is 11.9 Å². The summed E-state index contributed by atoms with van der Waals surface area (Å²) < 4.78 is 16.1. The number of allylic oxidation sites excluding steroid dienone is 1. The molecule has 6 nitrogen and oxygen atoms in total. The summed E-state index contributed by atoms with van der Waals surface area (Å²) in [5.74, 6) is -2.09. The number of hydrogen-bond acceptors (Lipinski definition) is 6. The lowest BCUT2D eigenvalue weighted by Crippen LogP contribution is -2.60. The largest absolute Gasteiger partial charge is 0.463 e. The summed E-state index contributed by atoms with van der Waals surface area (Å²) in [5.41, 5.74) is -2.50. The van der Waals surface area contributed by atoms with Gasteiger partial charge in [0.1, 0.15) is 6.10 Å². The Labute approximate surface area is 146 Å². The molecule has 0 bridgehead atoms. The van der Waals surface area contributed by atoms with E-state index < -0.39 is 32.0 Å². The highest BCUT2D eigenvalue weighted by molar-refractivity contribution is 6.73. The Bertz CT molecular complexity index is 405. The van der Waals surface area contributed by atoms with Crippen LogP contribution in [0.1, 0.15) is 41.5 Å². The number of esters is 2. The zero-order valence-corrected chi connectivity index (χ0v) is 16.8. The van der Waals surface area contributed by atoms with Crippen molar-refractivity contribution in [1.82, 2.24) is 0 Å². The van der Waals surface area contributed by atoms with E-state index in [2.05, 4.69) is 0 Å². The van der Waals surface area contributed by atoms with Gasteiger partial charge in [-0.1, -0.05) is 32.9 Å². The molecule has 24 heavy (non-hydrogen) atoms. The van der Waals surface area contributed by atoms with Crippen molar-refractivity contribution < 1.29 is 28.6 Å². The SMILES string of the molecule is C/C=C/C(O[Si](CC)(CC)CC)C(O)(C(=O)OCC)C(=O)OCC. The lowest BCUT2D eigenvalue weighted by atomic mass is 9.96. The van der Waals surface area contributed by atoms with Crippen molar-refractivity contribution in [2.45, 2.75) is 71.4 Å². The molecule has 0 radical (unpaired) electrons. The standard InChI is InChI=1S/C17H32O6Si/c1-7-13-14(23-24(10-4,11-5)12-6)17(20,15(18)21-8-2)16(19)22-9-3/h7,13-14,20H,8-12H2,1-6H3/b13-7+. The van der Waals surface area contributed by atoms with Gasteiger partial charge in [-0.3, -0.25) is 0 Å². The maximum atomic E-state index is 12.4. The van der Waals surface area contributed by atoms with Crippen LogP contribution in [0.5, 0.6) is 0 Å². The van der Waals surface area contributed by atoms with Crippen molar-refractivity contribution in [2.75, 3.05) is 13.2 Å². The van der Waals surface area contributed by atoms with Crippen LogP contribution < -0.4 is 0 Å². The van der Waals surface area contributed by atoms with Gasteiger partial charge < -0.3 is 19.0 Å². The molecule has 0 aliphatic rings. The van der Waals surface area contributed by atoms with Crippen LogP contribution in [0.4, 0.5) is 0 Å². The molecule has 0 aliphatic carbocycles. The van der Waals surface area contributed by atoms with Gasteiger partial charge in [0.05, 0.1) is 13.2 Å². The molecule has 0 amide bonds. The molecular formula is C17H32O6Si. The van der Waals surface area contributed by atoms with Crippen LogP contribution in [-0.2, 0) is 23.5 Å². The molecule has 1 N–H and O–H groups in total. The summed E-state index contributed by atoms with van der Waals surface area (Å²) in [7, 11) is -2.19. The Morgan fingerprint density at radius 2 is 1.42 bits per heavy atom. The van der Waals surface area contributed by atoms with E-state index in [1.54, 1.807) is 26.8 Å². The van der Waals surface area contributed by atoms with E-state index in [1.165, 1.54) is 6.08 Å². The van der Waals surface area contributed by atoms with Crippen LogP contribution in [-0.4, -0.2) is 50.3 Å². The van der Waals surface area contributed by atoms with Crippen molar-refractivity contribution >= 4 is 20.3 Å². The average Bonchev–Trinajstić information content (AvgIpc) is 2.58. The topological polar surface area (TPSA) is 82.1 Å². The summed E-state index contributed by atoms with van der Waals surface area (Å²) >= 11 is 0. The van der Waals surface area contributed by atoms with Gasteiger partial charge in [0.15, 0.2) is 8.32 Å². The maximum Gasteiger partial charge on any atom is 0.353 e. The highest BCUT2D eigenvalue weighted by Crippen LogP contribution is 2.29. The zero-order chi connectivity index (χ0) is 18.8. The van der Waals surface area contributed by atoms with Crippen molar-refractivity contribution in [3.05, 3.63) is 12.2 Å². The number of ether oxygens (including phenoxy) is 2. The summed E-state index contributed by atoms with van der Waals surface area (Å²) in [6.07, 6.45) is 2.04. The predicted octanol–water partition coefficient (Wildman–Crippen LogP) is 2.81. The van der Waals surface area contributed by atoms with Gasteiger partial charge in [-0.25, -0.2) is 9.59 Å². The van der Waals surface area contributed by atoms with E-state index in [4.69, 9.17) is 13.9 Å². The maximum absolute atomic E-state index is 12.4. The normalized spacial score (nSPS) is 13.8. The third kappa shape index (κ3) is 5.16. The Hall–Kier alpha value is -1.18. The van der Waals surface area contributed by atoms with Crippen molar-refractivity contribution in [2.24, 2.45) is 0 Å². The second-order valence-electron chi connectivity index (χ2n) is 5.52. The first kappa shape index (κ1) is 22.8. The van der Waals surface area contributed by atoms with Gasteiger partial charge in [-0.2, -0.15) is 0 Å². The van der Waals surface area contributed by atoms with Crippen LogP contribution in [0.15, 0.2) is 12.2 Å². The average molecular weight is 361 g/mol. The van der Waals surface area contributed by atoms with Crippen LogP contribution >= 0.6 is 0 Å². The van der Waals surface area contributed by atoms with Gasteiger partial charge in [-0.15, -0.1) is 0 Å². The van der Waals surface area contributed by atoms with Gasteiger partial charge in [0.2, 0.25) is 0 Å². The molecule has 7 heteroatoms. The van der Waals surface area contributed by atoms with Crippen LogP contribution in [0, 0.1) is 0 Å². The van der Waals surface area contributed by atoms with Crippen molar-refractivity contribution in [1.29, 1.82) is 0 Å². The molecule has 0 saturated heterocycles. The molecule has 0 aliphatic heterocycles. The lowest BCUT2D eigenvalue weighted by Gasteiger charge is -2.37. The molecule has 0 aromatic carbocycles. The first-order valence-corrected chi connectivity index (χ1v) is 11.2. The number of rotatable bonds is 11. The molecule has 0 aromatic rings. The molecule has 0 aromatic heterocycles. The van der Waals surface area contributed by atoms with Crippen LogP contribution in [0.25, 0.3) is 0 Å². The summed E-state index contributed by atoms with van der Waals surface area (Å²) in [6, 6.07) is 2.45. The molecule has 1 unspecified atom stereocenters. The molecule has 0 rings (SSSR count). The summed E-state index contributed by atoms with van der Waals surface area (Å²) in [4.78, 5) is 24.8. The predicted molar refractivity (Wildman–Crippen MR) is 95.1 cm³/mol. The molecule has 0 saturated carbocycles. The Balaban J connectivity index is 5.95. The first-order chi connectivity index (χ1) is 11.3. The number of aliphatic hydroxyl groups is 1.